The lowest BCUT2D eigenvalue weighted by Gasteiger charge is -2.35. The van der Waals surface area contributed by atoms with E-state index in [-0.39, 0.29) is 0 Å². The van der Waals surface area contributed by atoms with Crippen molar-refractivity contribution < 1.29 is 0 Å². The van der Waals surface area contributed by atoms with E-state index in [1.807, 2.05) is 0 Å². The smallest absolute Gasteiger partial charge is 0.0223 e. The fraction of sp³-hybridized carbons (Fsp3) is 1.00. The summed E-state index contributed by atoms with van der Waals surface area (Å²) in [6, 6.07) is 0.889. The minimum Gasteiger partial charge on any atom is -0.301 e. The summed E-state index contributed by atoms with van der Waals surface area (Å²) in [5.74, 6) is 3.83. The maximum Gasteiger partial charge on any atom is 0.0223 e. The first kappa shape index (κ1) is 12.3. The predicted molar refractivity (Wildman–Crippen MR) is 75.7 cm³/mol. The van der Waals surface area contributed by atoms with Gasteiger partial charge in [0.25, 0.3) is 0 Å². The van der Waals surface area contributed by atoms with E-state index >= 15 is 0 Å². The van der Waals surface area contributed by atoms with Crippen LogP contribution in [-0.4, -0.2) is 60.1 Å². The maximum absolute atomic E-state index is 2.78. The van der Waals surface area contributed by atoms with Crippen LogP contribution in [0.1, 0.15) is 32.1 Å². The van der Waals surface area contributed by atoms with Crippen molar-refractivity contribution in [2.24, 2.45) is 5.92 Å². The molecule has 0 saturated carbocycles. The van der Waals surface area contributed by atoms with Crippen LogP contribution in [0.5, 0.6) is 0 Å². The molecule has 3 rings (SSSR count). The average Bonchev–Trinajstić information content (AvgIpc) is 2.76. The molecule has 2 unspecified atom stereocenters. The Balaban J connectivity index is 1.54. The molecule has 3 saturated heterocycles. The molecule has 0 radical (unpaired) electrons. The van der Waals surface area contributed by atoms with Crippen LogP contribution >= 0.6 is 11.8 Å². The van der Waals surface area contributed by atoms with Gasteiger partial charge in [-0.25, -0.2) is 0 Å². The van der Waals surface area contributed by atoms with E-state index in [1.54, 1.807) is 0 Å². The molecule has 0 bridgehead atoms. The molecule has 0 N–H and O–H groups in total. The SMILES string of the molecule is C1CCN2CCCN(CC3CCSC3)CC2C1. The van der Waals surface area contributed by atoms with E-state index in [1.165, 1.54) is 76.3 Å². The molecule has 17 heavy (non-hydrogen) atoms. The van der Waals surface area contributed by atoms with Gasteiger partial charge in [-0.05, 0) is 62.7 Å². The lowest BCUT2D eigenvalue weighted by Crippen LogP contribution is -2.44. The van der Waals surface area contributed by atoms with Gasteiger partial charge < -0.3 is 4.90 Å². The normalized spacial score (nSPS) is 36.7. The molecule has 3 aliphatic heterocycles. The van der Waals surface area contributed by atoms with Gasteiger partial charge in [-0.15, -0.1) is 0 Å². The molecule has 3 heteroatoms. The van der Waals surface area contributed by atoms with Crippen LogP contribution in [-0.2, 0) is 0 Å². The van der Waals surface area contributed by atoms with Gasteiger partial charge in [-0.3, -0.25) is 4.90 Å². The summed E-state index contributed by atoms with van der Waals surface area (Å²) in [5, 5.41) is 0. The Bertz CT molecular complexity index is 240. The van der Waals surface area contributed by atoms with Crippen molar-refractivity contribution in [1.82, 2.24) is 9.80 Å². The van der Waals surface area contributed by atoms with E-state index in [0.717, 1.165) is 12.0 Å². The van der Waals surface area contributed by atoms with Gasteiger partial charge in [0.15, 0.2) is 0 Å². The second kappa shape index (κ2) is 5.94. The van der Waals surface area contributed by atoms with E-state index in [9.17, 15) is 0 Å². The molecule has 2 atom stereocenters. The van der Waals surface area contributed by atoms with Crippen molar-refractivity contribution in [2.45, 2.75) is 38.1 Å². The summed E-state index contributed by atoms with van der Waals surface area (Å²) >= 11 is 2.16. The van der Waals surface area contributed by atoms with Crippen LogP contribution in [0.4, 0.5) is 0 Å². The standard InChI is InChI=1S/C14H26N2S/c1-2-7-16-8-3-6-15(11-14(16)4-1)10-13-5-9-17-12-13/h13-14H,1-12H2. The molecular weight excluding hydrogens is 228 g/mol. The zero-order chi connectivity index (χ0) is 11.5. The summed E-state index contributed by atoms with van der Waals surface area (Å²) in [7, 11) is 0. The molecular formula is C14H26N2S. The van der Waals surface area contributed by atoms with Crippen molar-refractivity contribution in [2.75, 3.05) is 44.2 Å². The minimum absolute atomic E-state index is 0.889. The summed E-state index contributed by atoms with van der Waals surface area (Å²) in [6.45, 7) is 6.84. The second-order valence-corrected chi connectivity index (χ2v) is 7.18. The van der Waals surface area contributed by atoms with Crippen molar-refractivity contribution >= 4 is 11.8 Å². The van der Waals surface area contributed by atoms with Gasteiger partial charge in [0.05, 0.1) is 0 Å². The zero-order valence-electron chi connectivity index (χ0n) is 10.9. The number of hydrogen-bond acceptors (Lipinski definition) is 3. The van der Waals surface area contributed by atoms with Crippen LogP contribution in [0.25, 0.3) is 0 Å². The van der Waals surface area contributed by atoms with Crippen LogP contribution in [0.3, 0.4) is 0 Å². The fourth-order valence-corrected chi connectivity index (χ4v) is 4.98. The van der Waals surface area contributed by atoms with Crippen molar-refractivity contribution in [3.63, 3.8) is 0 Å². The molecule has 3 heterocycles. The first-order valence-electron chi connectivity index (χ1n) is 7.46. The highest BCUT2D eigenvalue weighted by Crippen LogP contribution is 2.26. The Labute approximate surface area is 110 Å². The molecule has 0 spiro atoms. The first-order valence-corrected chi connectivity index (χ1v) is 8.61. The van der Waals surface area contributed by atoms with Crippen LogP contribution in [0.15, 0.2) is 0 Å². The van der Waals surface area contributed by atoms with E-state index in [2.05, 4.69) is 21.6 Å². The summed E-state index contributed by atoms with van der Waals surface area (Å²) < 4.78 is 0. The first-order chi connectivity index (χ1) is 8.42. The van der Waals surface area contributed by atoms with Crippen molar-refractivity contribution in [3.05, 3.63) is 0 Å². The van der Waals surface area contributed by atoms with Gasteiger partial charge in [0, 0.05) is 19.1 Å². The number of rotatable bonds is 2. The third-order valence-electron chi connectivity index (χ3n) is 4.68. The number of hydrogen-bond donors (Lipinski definition) is 0. The largest absolute Gasteiger partial charge is 0.301 e. The quantitative estimate of drug-likeness (QED) is 0.746. The van der Waals surface area contributed by atoms with Gasteiger partial charge in [-0.2, -0.15) is 11.8 Å². The molecule has 0 aromatic rings. The lowest BCUT2D eigenvalue weighted by atomic mass is 10.0. The Morgan fingerprint density at radius 2 is 1.94 bits per heavy atom. The third kappa shape index (κ3) is 3.18. The van der Waals surface area contributed by atoms with Crippen molar-refractivity contribution in [1.29, 1.82) is 0 Å². The van der Waals surface area contributed by atoms with E-state index in [0.29, 0.717) is 0 Å². The van der Waals surface area contributed by atoms with Crippen LogP contribution in [0.2, 0.25) is 0 Å². The molecule has 0 aromatic carbocycles. The number of nitrogens with zero attached hydrogens (tertiary/aromatic N) is 2. The Morgan fingerprint density at radius 1 is 1.00 bits per heavy atom. The Hall–Kier alpha value is 0.270. The van der Waals surface area contributed by atoms with Crippen molar-refractivity contribution in [3.8, 4) is 0 Å². The highest BCUT2D eigenvalue weighted by Gasteiger charge is 2.28. The van der Waals surface area contributed by atoms with Gasteiger partial charge >= 0.3 is 0 Å². The monoisotopic (exact) mass is 254 g/mol. The highest BCUT2D eigenvalue weighted by atomic mass is 32.2. The van der Waals surface area contributed by atoms with Gasteiger partial charge in [0.1, 0.15) is 0 Å². The third-order valence-corrected chi connectivity index (χ3v) is 5.91. The fourth-order valence-electron chi connectivity index (χ4n) is 3.71. The zero-order valence-corrected chi connectivity index (χ0v) is 11.8. The molecule has 0 aromatic heterocycles. The lowest BCUT2D eigenvalue weighted by molar-refractivity contribution is 0.132. The summed E-state index contributed by atoms with van der Waals surface area (Å²) in [6.07, 6.45) is 7.23. The van der Waals surface area contributed by atoms with Crippen LogP contribution in [0, 0.1) is 5.92 Å². The average molecular weight is 254 g/mol. The molecule has 3 aliphatic rings. The number of piperidine rings is 1. The molecule has 0 aliphatic carbocycles. The molecule has 2 nitrogen and oxygen atoms in total. The maximum atomic E-state index is 2.78. The van der Waals surface area contributed by atoms with Gasteiger partial charge in [-0.1, -0.05) is 6.42 Å². The highest BCUT2D eigenvalue weighted by molar-refractivity contribution is 7.99. The molecule has 98 valence electrons. The number of thioether (sulfide) groups is 1. The Morgan fingerprint density at radius 3 is 2.82 bits per heavy atom. The number of fused-ring (bicyclic) bond motifs is 1. The Kier molecular flexibility index (Phi) is 4.30. The summed E-state index contributed by atoms with van der Waals surface area (Å²) in [4.78, 5) is 5.55. The molecule has 3 fully saturated rings. The van der Waals surface area contributed by atoms with E-state index in [4.69, 9.17) is 0 Å². The summed E-state index contributed by atoms with van der Waals surface area (Å²) in [5.41, 5.74) is 0. The predicted octanol–water partition coefficient (Wildman–Crippen LogP) is 2.30. The van der Waals surface area contributed by atoms with Crippen LogP contribution < -0.4 is 0 Å². The molecule has 0 amide bonds. The van der Waals surface area contributed by atoms with E-state index < -0.39 is 0 Å². The van der Waals surface area contributed by atoms with Gasteiger partial charge in [0.2, 0.25) is 0 Å². The second-order valence-electron chi connectivity index (χ2n) is 6.03. The topological polar surface area (TPSA) is 6.48 Å². The minimum atomic E-state index is 0.889.